The van der Waals surface area contributed by atoms with Gasteiger partial charge in [-0.05, 0) is 98.8 Å². The summed E-state index contributed by atoms with van der Waals surface area (Å²) in [6, 6.07) is 0. The van der Waals surface area contributed by atoms with Gasteiger partial charge in [-0.25, -0.2) is 0 Å². The van der Waals surface area contributed by atoms with E-state index in [1.807, 2.05) is 27.7 Å². The summed E-state index contributed by atoms with van der Waals surface area (Å²) in [6.07, 6.45) is 5.95. The van der Waals surface area contributed by atoms with Crippen LogP contribution in [0.1, 0.15) is 72.6 Å². The van der Waals surface area contributed by atoms with Crippen molar-refractivity contribution < 1.29 is 19.1 Å². The third-order valence-corrected chi connectivity index (χ3v) is 8.25. The van der Waals surface area contributed by atoms with Gasteiger partial charge in [0, 0.05) is 11.8 Å². The summed E-state index contributed by atoms with van der Waals surface area (Å²) in [5, 5.41) is 6.73. The number of ether oxygens (including phenoxy) is 2. The van der Waals surface area contributed by atoms with Crippen LogP contribution in [-0.2, 0) is 19.1 Å². The third-order valence-electron chi connectivity index (χ3n) is 8.25. The minimum absolute atomic E-state index is 0.103. The molecule has 2 aliphatic heterocycles. The standard InChI is InChI=1S/C23H38N2O4/c1-20(2,16-5-9-24-10-6-16)28-18(26)22-13-23(14-22,15-22)19(27)29-21(3,4)17-7-11-25-12-8-17/h16-17,24-25H,5-15H2,1-4H3. The highest BCUT2D eigenvalue weighted by Crippen LogP contribution is 2.74. The van der Waals surface area contributed by atoms with Crippen molar-refractivity contribution >= 4 is 11.9 Å². The summed E-state index contributed by atoms with van der Waals surface area (Å²) < 4.78 is 12.0. The molecule has 6 nitrogen and oxygen atoms in total. The quantitative estimate of drug-likeness (QED) is 0.661. The number of carbonyl (C=O) groups is 2. The Labute approximate surface area is 174 Å². The average Bonchev–Trinajstić information content (AvgIpc) is 2.60. The molecule has 2 heterocycles. The highest BCUT2D eigenvalue weighted by Gasteiger charge is 2.77. The van der Waals surface area contributed by atoms with Crippen LogP contribution in [0.25, 0.3) is 0 Å². The molecule has 0 spiro atoms. The predicted octanol–water partition coefficient (Wildman–Crippen LogP) is 2.80. The first-order chi connectivity index (χ1) is 13.6. The van der Waals surface area contributed by atoms with Gasteiger partial charge in [-0.15, -0.1) is 0 Å². The summed E-state index contributed by atoms with van der Waals surface area (Å²) in [4.78, 5) is 25.9. The molecule has 2 bridgehead atoms. The number of rotatable bonds is 6. The zero-order valence-corrected chi connectivity index (χ0v) is 18.6. The van der Waals surface area contributed by atoms with Crippen LogP contribution in [0.5, 0.6) is 0 Å². The van der Waals surface area contributed by atoms with Crippen molar-refractivity contribution in [3.05, 3.63) is 0 Å². The number of hydrogen-bond donors (Lipinski definition) is 2. The summed E-state index contributed by atoms with van der Waals surface area (Å²) >= 11 is 0. The van der Waals surface area contributed by atoms with E-state index in [0.717, 1.165) is 51.9 Å². The van der Waals surface area contributed by atoms with E-state index in [1.165, 1.54) is 0 Å². The number of piperidine rings is 2. The van der Waals surface area contributed by atoms with Gasteiger partial charge in [0.05, 0.1) is 10.8 Å². The van der Waals surface area contributed by atoms with E-state index in [4.69, 9.17) is 9.47 Å². The molecule has 29 heavy (non-hydrogen) atoms. The number of nitrogens with one attached hydrogen (secondary N) is 2. The van der Waals surface area contributed by atoms with Gasteiger partial charge in [-0.1, -0.05) is 0 Å². The van der Waals surface area contributed by atoms with Crippen LogP contribution in [0.15, 0.2) is 0 Å². The maximum Gasteiger partial charge on any atom is 0.312 e. The fourth-order valence-electron chi connectivity index (χ4n) is 6.12. The van der Waals surface area contributed by atoms with E-state index in [0.29, 0.717) is 31.1 Å². The van der Waals surface area contributed by atoms with E-state index < -0.39 is 22.0 Å². The third kappa shape index (κ3) is 3.71. The van der Waals surface area contributed by atoms with Crippen molar-refractivity contribution in [1.29, 1.82) is 0 Å². The van der Waals surface area contributed by atoms with Gasteiger partial charge in [0.2, 0.25) is 0 Å². The maximum absolute atomic E-state index is 12.9. The Bertz CT molecular complexity index is 586. The van der Waals surface area contributed by atoms with Crippen molar-refractivity contribution in [3.8, 4) is 0 Å². The zero-order valence-electron chi connectivity index (χ0n) is 18.6. The Morgan fingerprint density at radius 2 is 1.00 bits per heavy atom. The Morgan fingerprint density at radius 3 is 1.31 bits per heavy atom. The molecular formula is C23H38N2O4. The fourth-order valence-corrected chi connectivity index (χ4v) is 6.12. The van der Waals surface area contributed by atoms with Crippen LogP contribution in [0.3, 0.4) is 0 Å². The first-order valence-electron chi connectivity index (χ1n) is 11.5. The summed E-state index contributed by atoms with van der Waals surface area (Å²) in [7, 11) is 0. The molecule has 5 rings (SSSR count). The molecule has 164 valence electrons. The van der Waals surface area contributed by atoms with Gasteiger partial charge < -0.3 is 20.1 Å². The molecule has 0 amide bonds. The molecule has 0 radical (unpaired) electrons. The molecule has 0 aromatic rings. The number of carbonyl (C=O) groups excluding carboxylic acids is 2. The van der Waals surface area contributed by atoms with Gasteiger partial charge in [0.25, 0.3) is 0 Å². The Balaban J connectivity index is 1.30. The van der Waals surface area contributed by atoms with Crippen LogP contribution >= 0.6 is 0 Å². The molecule has 5 aliphatic rings. The van der Waals surface area contributed by atoms with E-state index in [-0.39, 0.29) is 11.9 Å². The minimum Gasteiger partial charge on any atom is -0.459 e. The molecule has 5 fully saturated rings. The van der Waals surface area contributed by atoms with E-state index in [2.05, 4.69) is 10.6 Å². The van der Waals surface area contributed by atoms with E-state index in [9.17, 15) is 9.59 Å². The van der Waals surface area contributed by atoms with Crippen molar-refractivity contribution in [3.63, 3.8) is 0 Å². The summed E-state index contributed by atoms with van der Waals surface area (Å²) in [6.45, 7) is 12.1. The average molecular weight is 407 g/mol. The first-order valence-corrected chi connectivity index (χ1v) is 11.5. The van der Waals surface area contributed by atoms with Gasteiger partial charge >= 0.3 is 11.9 Å². The molecule has 0 atom stereocenters. The lowest BCUT2D eigenvalue weighted by molar-refractivity contribution is -0.252. The lowest BCUT2D eigenvalue weighted by atomic mass is 9.35. The van der Waals surface area contributed by atoms with Crippen LogP contribution in [0.4, 0.5) is 0 Å². The van der Waals surface area contributed by atoms with Crippen molar-refractivity contribution in [2.75, 3.05) is 26.2 Å². The minimum atomic E-state index is -0.445. The monoisotopic (exact) mass is 406 g/mol. The lowest BCUT2D eigenvalue weighted by Crippen LogP contribution is -2.70. The van der Waals surface area contributed by atoms with Gasteiger partial charge in [-0.2, -0.15) is 0 Å². The second kappa shape index (κ2) is 7.23. The highest BCUT2D eigenvalue weighted by molar-refractivity contribution is 5.91. The molecule has 0 aromatic heterocycles. The van der Waals surface area contributed by atoms with Gasteiger partial charge in [0.1, 0.15) is 11.2 Å². The molecule has 3 saturated carbocycles. The SMILES string of the molecule is CC(C)(OC(=O)C12CC(C(=O)OC(C)(C)C3CCNCC3)(C1)C2)C1CCNCC1. The van der Waals surface area contributed by atoms with E-state index in [1.54, 1.807) is 0 Å². The Kier molecular flexibility index (Phi) is 5.26. The first kappa shape index (κ1) is 21.1. The highest BCUT2D eigenvalue weighted by atomic mass is 16.6. The normalized spacial score (nSPS) is 33.4. The Hall–Kier alpha value is -1.14. The molecule has 6 heteroatoms. The molecule has 3 aliphatic carbocycles. The van der Waals surface area contributed by atoms with Gasteiger partial charge in [-0.3, -0.25) is 9.59 Å². The van der Waals surface area contributed by atoms with Crippen LogP contribution < -0.4 is 10.6 Å². The second-order valence-electron chi connectivity index (χ2n) is 11.1. The smallest absolute Gasteiger partial charge is 0.312 e. The van der Waals surface area contributed by atoms with Crippen LogP contribution in [0, 0.1) is 22.7 Å². The maximum atomic E-state index is 12.9. The Morgan fingerprint density at radius 1 is 0.690 bits per heavy atom. The molecule has 0 unspecified atom stereocenters. The largest absolute Gasteiger partial charge is 0.459 e. The lowest BCUT2D eigenvalue weighted by Gasteiger charge is -2.67. The number of esters is 2. The summed E-state index contributed by atoms with van der Waals surface area (Å²) in [5.74, 6) is 0.580. The predicted molar refractivity (Wildman–Crippen MR) is 110 cm³/mol. The summed E-state index contributed by atoms with van der Waals surface area (Å²) in [5.41, 5.74) is -1.78. The second-order valence-corrected chi connectivity index (χ2v) is 11.1. The number of hydrogen-bond acceptors (Lipinski definition) is 6. The van der Waals surface area contributed by atoms with Crippen molar-refractivity contribution in [2.45, 2.75) is 83.8 Å². The fraction of sp³-hybridized carbons (Fsp3) is 0.913. The molecule has 2 saturated heterocycles. The van der Waals surface area contributed by atoms with Gasteiger partial charge in [0.15, 0.2) is 0 Å². The van der Waals surface area contributed by atoms with Crippen LogP contribution in [-0.4, -0.2) is 49.3 Å². The molecule has 0 aromatic carbocycles. The molecule has 2 N–H and O–H groups in total. The molecular weight excluding hydrogens is 368 g/mol. The van der Waals surface area contributed by atoms with E-state index >= 15 is 0 Å². The van der Waals surface area contributed by atoms with Crippen molar-refractivity contribution in [1.82, 2.24) is 10.6 Å². The van der Waals surface area contributed by atoms with Crippen LogP contribution in [0.2, 0.25) is 0 Å². The topological polar surface area (TPSA) is 76.7 Å². The van der Waals surface area contributed by atoms with Crippen molar-refractivity contribution in [2.24, 2.45) is 22.7 Å². The zero-order chi connectivity index (χ0) is 20.9.